The van der Waals surface area contributed by atoms with Gasteiger partial charge >= 0.3 is 0 Å². The summed E-state index contributed by atoms with van der Waals surface area (Å²) in [6.45, 7) is 16.1. The van der Waals surface area contributed by atoms with Crippen molar-refractivity contribution < 1.29 is 25.8 Å². The third kappa shape index (κ3) is 15.8. The second kappa shape index (κ2) is 24.5. The van der Waals surface area contributed by atoms with Crippen LogP contribution in [0.15, 0.2) is 200 Å². The van der Waals surface area contributed by atoms with Crippen molar-refractivity contribution >= 4 is 24.2 Å². The second-order valence-electron chi connectivity index (χ2n) is 12.0. The van der Waals surface area contributed by atoms with Crippen LogP contribution < -0.4 is 10.6 Å². The molecule has 1 unspecified atom stereocenters. The molecular formula is C49H48HfN2P-5. The van der Waals surface area contributed by atoms with Crippen LogP contribution in [0.4, 0.5) is 5.69 Å². The summed E-state index contributed by atoms with van der Waals surface area (Å²) in [6.07, 6.45) is 0. The Hall–Kier alpha value is -4.79. The van der Waals surface area contributed by atoms with E-state index in [4.69, 9.17) is 10.6 Å². The van der Waals surface area contributed by atoms with E-state index in [1.165, 1.54) is 27.3 Å². The van der Waals surface area contributed by atoms with Gasteiger partial charge in [-0.1, -0.05) is 152 Å². The van der Waals surface area contributed by atoms with Crippen molar-refractivity contribution in [3.63, 3.8) is 0 Å². The Kier molecular flexibility index (Phi) is 19.7. The summed E-state index contributed by atoms with van der Waals surface area (Å²) in [6, 6.07) is 67.9. The van der Waals surface area contributed by atoms with Gasteiger partial charge in [0.05, 0.1) is 0 Å². The van der Waals surface area contributed by atoms with Gasteiger partial charge in [-0.2, -0.15) is 79.8 Å². The van der Waals surface area contributed by atoms with Crippen LogP contribution in [0.3, 0.4) is 0 Å². The molecule has 1 atom stereocenters. The summed E-state index contributed by atoms with van der Waals surface area (Å²) in [5.41, 5.74) is 7.86. The number of hydrogen-bond donors (Lipinski definition) is 0. The third-order valence-corrected chi connectivity index (χ3v) is 10.2. The second-order valence-corrected chi connectivity index (χ2v) is 14.3. The Morgan fingerprint density at radius 1 is 0.434 bits per heavy atom. The average molecular weight is 874 g/mol. The zero-order chi connectivity index (χ0) is 36.8. The summed E-state index contributed by atoms with van der Waals surface area (Å²) < 4.78 is 0. The molecule has 7 aromatic carbocycles. The van der Waals surface area contributed by atoms with E-state index in [0.717, 1.165) is 22.4 Å². The normalized spacial score (nSPS) is 10.4. The molecule has 0 N–H and O–H groups in total. The van der Waals surface area contributed by atoms with Gasteiger partial charge in [0.15, 0.2) is 0 Å². The van der Waals surface area contributed by atoms with Crippen molar-refractivity contribution in [3.05, 3.63) is 265 Å². The molecule has 7 rings (SSSR count). The molecule has 0 amide bonds. The summed E-state index contributed by atoms with van der Waals surface area (Å²) in [7, 11) is -0.792. The standard InChI is InChI=1S/C28H27N2P.3C7H7.Hf/c1-22-13-12-14-23(2)27(22)30-28(29-21-24-15-6-3-7-16-24)31(25-17-8-4-9-18-25)26-19-10-5-11-20-26;3*1-7-5-3-2-4-6-7;/h3-20,28H,21H2,1-2H3;3*2-6H,1H2;/q-2;3*-1;. The Labute approximate surface area is 339 Å². The first kappa shape index (κ1) is 42.6. The number of benzene rings is 7. The Balaban J connectivity index is 0.000000275. The molecule has 0 aromatic heterocycles. The first-order valence-corrected chi connectivity index (χ1v) is 18.8. The Morgan fingerprint density at radius 2 is 0.755 bits per heavy atom. The van der Waals surface area contributed by atoms with Crippen LogP contribution in [-0.4, -0.2) is 5.91 Å². The van der Waals surface area contributed by atoms with E-state index in [9.17, 15) is 0 Å². The maximum Gasteiger partial charge on any atom is 0 e. The van der Waals surface area contributed by atoms with Crippen molar-refractivity contribution in [2.45, 2.75) is 26.3 Å². The van der Waals surface area contributed by atoms with Gasteiger partial charge in [0.1, 0.15) is 0 Å². The fourth-order valence-corrected chi connectivity index (χ4v) is 7.40. The molecule has 0 spiro atoms. The first-order valence-electron chi connectivity index (χ1n) is 17.4. The van der Waals surface area contributed by atoms with E-state index in [1.54, 1.807) is 0 Å². The minimum absolute atomic E-state index is 0. The van der Waals surface area contributed by atoms with Crippen molar-refractivity contribution in [3.8, 4) is 0 Å². The minimum Gasteiger partial charge on any atom is -0.695 e. The number of rotatable bonds is 8. The molecule has 0 aliphatic carbocycles. The number of para-hydroxylation sites is 1. The summed E-state index contributed by atoms with van der Waals surface area (Å²) in [5, 5.41) is 13.1. The van der Waals surface area contributed by atoms with Crippen LogP contribution in [0.25, 0.3) is 10.6 Å². The van der Waals surface area contributed by atoms with Crippen LogP contribution in [-0.2, 0) is 32.4 Å². The van der Waals surface area contributed by atoms with Crippen molar-refractivity contribution in [1.29, 1.82) is 0 Å². The maximum atomic E-state index is 5.29. The van der Waals surface area contributed by atoms with Gasteiger partial charge in [-0.25, -0.2) is 0 Å². The molecule has 0 fully saturated rings. The minimum atomic E-state index is -0.792. The smallest absolute Gasteiger partial charge is 0 e. The van der Waals surface area contributed by atoms with Gasteiger partial charge in [-0.05, 0) is 24.5 Å². The van der Waals surface area contributed by atoms with E-state index < -0.39 is 7.92 Å². The summed E-state index contributed by atoms with van der Waals surface area (Å²) in [4.78, 5) is 0. The zero-order valence-electron chi connectivity index (χ0n) is 30.8. The predicted octanol–water partition coefficient (Wildman–Crippen LogP) is 12.9. The molecule has 0 aliphatic heterocycles. The Morgan fingerprint density at radius 3 is 1.08 bits per heavy atom. The molecule has 0 aliphatic rings. The third-order valence-electron chi connectivity index (χ3n) is 7.79. The van der Waals surface area contributed by atoms with Gasteiger partial charge in [0.25, 0.3) is 0 Å². The van der Waals surface area contributed by atoms with Gasteiger partial charge in [0.2, 0.25) is 0 Å². The fourth-order valence-electron chi connectivity index (χ4n) is 5.10. The van der Waals surface area contributed by atoms with Crippen LogP contribution in [0.5, 0.6) is 0 Å². The quantitative estimate of drug-likeness (QED) is 0.0827. The van der Waals surface area contributed by atoms with E-state index >= 15 is 0 Å². The Bertz CT molecular complexity index is 1790. The first-order chi connectivity index (χ1) is 25.4. The molecule has 0 saturated carbocycles. The van der Waals surface area contributed by atoms with Gasteiger partial charge in [-0.3, -0.25) is 0 Å². The van der Waals surface area contributed by atoms with Crippen LogP contribution >= 0.6 is 7.92 Å². The zero-order valence-corrected chi connectivity index (χ0v) is 35.3. The van der Waals surface area contributed by atoms with E-state index in [1.807, 2.05) is 97.1 Å². The molecule has 53 heavy (non-hydrogen) atoms. The monoisotopic (exact) mass is 875 g/mol. The van der Waals surface area contributed by atoms with E-state index in [-0.39, 0.29) is 31.8 Å². The molecule has 0 heterocycles. The predicted molar refractivity (Wildman–Crippen MR) is 228 cm³/mol. The number of aryl methyl sites for hydroxylation is 2. The van der Waals surface area contributed by atoms with Crippen molar-refractivity contribution in [2.75, 3.05) is 0 Å². The number of nitrogens with zero attached hydrogens (tertiary/aromatic N) is 2. The average Bonchev–Trinajstić information content (AvgIpc) is 3.18. The molecular weight excluding hydrogens is 826 g/mol. The van der Waals surface area contributed by atoms with Gasteiger partial charge < -0.3 is 10.6 Å². The maximum absolute atomic E-state index is 5.29. The molecule has 0 saturated heterocycles. The molecule has 7 aromatic rings. The van der Waals surface area contributed by atoms with E-state index in [2.05, 4.69) is 138 Å². The molecule has 0 bridgehead atoms. The van der Waals surface area contributed by atoms with Crippen molar-refractivity contribution in [1.82, 2.24) is 0 Å². The largest absolute Gasteiger partial charge is 0.695 e. The van der Waals surface area contributed by atoms with Gasteiger partial charge in [0, 0.05) is 25.8 Å². The number of hydrogen-bond acceptors (Lipinski definition) is 0. The molecule has 4 heteroatoms. The molecule has 268 valence electrons. The molecule has 0 radical (unpaired) electrons. The topological polar surface area (TPSA) is 28.2 Å². The van der Waals surface area contributed by atoms with Crippen molar-refractivity contribution in [2.24, 2.45) is 0 Å². The van der Waals surface area contributed by atoms with Crippen LogP contribution in [0.1, 0.15) is 33.4 Å². The van der Waals surface area contributed by atoms with E-state index in [0.29, 0.717) is 6.54 Å². The van der Waals surface area contributed by atoms with Crippen LogP contribution in [0, 0.1) is 34.6 Å². The van der Waals surface area contributed by atoms with Crippen LogP contribution in [0.2, 0.25) is 0 Å². The SMILES string of the molecule is Cc1cccc(C)c1[N-]C([N-]Cc1ccccc1)P(c1ccccc1)c1ccccc1.[CH2-]c1ccccc1.[CH2-]c1ccccc1.[CH2-]c1ccccc1.[Hf]. The fraction of sp³-hybridized carbons (Fsp3) is 0.0816. The summed E-state index contributed by atoms with van der Waals surface area (Å²) >= 11 is 0. The molecule has 2 nitrogen and oxygen atoms in total. The summed E-state index contributed by atoms with van der Waals surface area (Å²) in [5.74, 6) is -0.167. The van der Waals surface area contributed by atoms with Gasteiger partial charge in [-0.15, -0.1) is 48.6 Å².